The van der Waals surface area contributed by atoms with Crippen LogP contribution >= 0.6 is 0 Å². The molecule has 6 rings (SSSR count). The normalized spacial score (nSPS) is 33.7. The molecule has 1 saturated carbocycles. The van der Waals surface area contributed by atoms with Gasteiger partial charge in [0, 0.05) is 19.3 Å². The molecule has 2 aromatic carbocycles. The Labute approximate surface area is 202 Å². The second kappa shape index (κ2) is 7.38. The first-order valence-electron chi connectivity index (χ1n) is 11.6. The SMILES string of the molecule is N#CC1(C#N)C(c2ccc(-c3ccccc3)cc2)OC23CCC4(CC2C1(C#N)C(=N)O3)OCCO4. The first-order valence-corrected chi connectivity index (χ1v) is 11.6. The molecular weight excluding hydrogens is 444 g/mol. The lowest BCUT2D eigenvalue weighted by atomic mass is 9.51. The van der Waals surface area contributed by atoms with E-state index in [1.54, 1.807) is 0 Å². The smallest absolute Gasteiger partial charge is 0.218 e. The van der Waals surface area contributed by atoms with Gasteiger partial charge in [0.2, 0.25) is 17.1 Å². The fourth-order valence-electron chi connectivity index (χ4n) is 6.33. The fraction of sp³-hybridized carbons (Fsp3) is 0.407. The van der Waals surface area contributed by atoms with Crippen molar-refractivity contribution in [1.82, 2.24) is 0 Å². The van der Waals surface area contributed by atoms with E-state index in [9.17, 15) is 15.8 Å². The Kier molecular flexibility index (Phi) is 4.59. The number of nitrogens with zero attached hydrogens (tertiary/aromatic N) is 3. The third-order valence-corrected chi connectivity index (χ3v) is 8.05. The molecule has 2 bridgehead atoms. The summed E-state index contributed by atoms with van der Waals surface area (Å²) in [4.78, 5) is 0. The van der Waals surface area contributed by atoms with E-state index in [4.69, 9.17) is 24.4 Å². The van der Waals surface area contributed by atoms with Crippen LogP contribution < -0.4 is 0 Å². The molecular formula is C27H22N4O4. The topological polar surface area (TPSA) is 132 Å². The largest absolute Gasteiger partial charge is 0.447 e. The number of nitrogens with one attached hydrogen (secondary N) is 1. The maximum Gasteiger partial charge on any atom is 0.218 e. The van der Waals surface area contributed by atoms with Crippen LogP contribution in [0.15, 0.2) is 54.6 Å². The Morgan fingerprint density at radius 3 is 2.11 bits per heavy atom. The molecule has 174 valence electrons. The van der Waals surface area contributed by atoms with Crippen molar-refractivity contribution < 1.29 is 18.9 Å². The van der Waals surface area contributed by atoms with Gasteiger partial charge >= 0.3 is 0 Å². The van der Waals surface area contributed by atoms with Crippen molar-refractivity contribution in [2.24, 2.45) is 16.7 Å². The molecule has 2 aromatic rings. The maximum absolute atomic E-state index is 10.6. The van der Waals surface area contributed by atoms with Crippen LogP contribution in [-0.2, 0) is 18.9 Å². The molecule has 0 amide bonds. The molecule has 4 fully saturated rings. The molecule has 4 atom stereocenters. The van der Waals surface area contributed by atoms with Crippen molar-refractivity contribution in [3.8, 4) is 29.3 Å². The van der Waals surface area contributed by atoms with Gasteiger partial charge in [-0.2, -0.15) is 15.8 Å². The van der Waals surface area contributed by atoms with Crippen LogP contribution in [0.3, 0.4) is 0 Å². The molecule has 0 aromatic heterocycles. The molecule has 8 heteroatoms. The minimum absolute atomic E-state index is 0.202. The Balaban J connectivity index is 1.48. The highest BCUT2D eigenvalue weighted by Crippen LogP contribution is 2.70. The first kappa shape index (κ1) is 21.8. The summed E-state index contributed by atoms with van der Waals surface area (Å²) in [7, 11) is 0. The van der Waals surface area contributed by atoms with Gasteiger partial charge in [-0.3, -0.25) is 5.41 Å². The van der Waals surface area contributed by atoms with E-state index in [0.29, 0.717) is 31.6 Å². The van der Waals surface area contributed by atoms with Gasteiger partial charge in [0.05, 0.1) is 37.3 Å². The zero-order valence-electron chi connectivity index (χ0n) is 18.9. The average Bonchev–Trinajstić information content (AvgIpc) is 3.43. The predicted molar refractivity (Wildman–Crippen MR) is 121 cm³/mol. The third kappa shape index (κ3) is 2.66. The summed E-state index contributed by atoms with van der Waals surface area (Å²) >= 11 is 0. The van der Waals surface area contributed by atoms with Crippen LogP contribution in [0, 0.1) is 56.2 Å². The van der Waals surface area contributed by atoms with Gasteiger partial charge in [0.1, 0.15) is 6.10 Å². The maximum atomic E-state index is 10.6. The number of hydrogen-bond donors (Lipinski definition) is 1. The van der Waals surface area contributed by atoms with Gasteiger partial charge in [-0.05, 0) is 16.7 Å². The zero-order valence-corrected chi connectivity index (χ0v) is 18.9. The summed E-state index contributed by atoms with van der Waals surface area (Å²) < 4.78 is 24.3. The summed E-state index contributed by atoms with van der Waals surface area (Å²) in [6.45, 7) is 0.854. The quantitative estimate of drug-likeness (QED) is 0.701. The highest BCUT2D eigenvalue weighted by atomic mass is 16.7. The van der Waals surface area contributed by atoms with Crippen molar-refractivity contribution in [3.05, 3.63) is 60.2 Å². The summed E-state index contributed by atoms with van der Waals surface area (Å²) in [6.07, 6.45) is -0.104. The van der Waals surface area contributed by atoms with Gasteiger partial charge in [0.25, 0.3) is 0 Å². The summed E-state index contributed by atoms with van der Waals surface area (Å²) in [6, 6.07) is 23.7. The highest BCUT2D eigenvalue weighted by molar-refractivity contribution is 5.89. The number of hydrogen-bond acceptors (Lipinski definition) is 8. The Morgan fingerprint density at radius 1 is 0.829 bits per heavy atom. The van der Waals surface area contributed by atoms with E-state index in [1.165, 1.54) is 0 Å². The lowest BCUT2D eigenvalue weighted by Gasteiger charge is -2.54. The number of ether oxygens (including phenoxy) is 4. The second-order valence-corrected chi connectivity index (χ2v) is 9.54. The van der Waals surface area contributed by atoms with Crippen LogP contribution in [0.5, 0.6) is 0 Å². The molecule has 35 heavy (non-hydrogen) atoms. The van der Waals surface area contributed by atoms with Crippen LogP contribution in [0.4, 0.5) is 0 Å². The number of rotatable bonds is 2. The fourth-order valence-corrected chi connectivity index (χ4v) is 6.33. The molecule has 1 aliphatic carbocycles. The van der Waals surface area contributed by atoms with Crippen molar-refractivity contribution in [2.45, 2.75) is 36.9 Å². The van der Waals surface area contributed by atoms with Gasteiger partial charge in [-0.25, -0.2) is 0 Å². The molecule has 1 N–H and O–H groups in total. The zero-order chi connectivity index (χ0) is 24.3. The van der Waals surface area contributed by atoms with Crippen LogP contribution in [0.25, 0.3) is 11.1 Å². The van der Waals surface area contributed by atoms with Gasteiger partial charge in [-0.1, -0.05) is 54.6 Å². The van der Waals surface area contributed by atoms with Crippen molar-refractivity contribution >= 4 is 5.90 Å². The summed E-state index contributed by atoms with van der Waals surface area (Å²) in [5, 5.41) is 40.2. The van der Waals surface area contributed by atoms with E-state index >= 15 is 0 Å². The van der Waals surface area contributed by atoms with Crippen LogP contribution in [-0.4, -0.2) is 30.7 Å². The molecule has 3 saturated heterocycles. The molecule has 4 aliphatic rings. The molecule has 1 spiro atoms. The van der Waals surface area contributed by atoms with Crippen molar-refractivity contribution in [3.63, 3.8) is 0 Å². The number of benzene rings is 2. The molecule has 0 radical (unpaired) electrons. The number of nitriles is 3. The van der Waals surface area contributed by atoms with Gasteiger partial charge in [-0.15, -0.1) is 0 Å². The first-order chi connectivity index (χ1) is 17.0. The molecule has 3 heterocycles. The summed E-state index contributed by atoms with van der Waals surface area (Å²) in [5.41, 5.74) is -1.26. The summed E-state index contributed by atoms with van der Waals surface area (Å²) in [5.74, 6) is -3.40. The Morgan fingerprint density at radius 2 is 1.49 bits per heavy atom. The van der Waals surface area contributed by atoms with E-state index in [0.717, 1.165) is 11.1 Å². The monoisotopic (exact) mass is 466 g/mol. The molecule has 3 aliphatic heterocycles. The Hall–Kier alpha value is -3.74. The van der Waals surface area contributed by atoms with Crippen LogP contribution in [0.1, 0.15) is 30.9 Å². The second-order valence-electron chi connectivity index (χ2n) is 9.54. The Bertz CT molecular complexity index is 1300. The van der Waals surface area contributed by atoms with E-state index in [2.05, 4.69) is 18.2 Å². The van der Waals surface area contributed by atoms with Gasteiger partial charge < -0.3 is 18.9 Å². The standard InChI is InChI=1S/C27H22N4O4/c28-15-24(16-29)22(20-8-6-19(7-9-20)18-4-2-1-3-5-18)34-27-11-10-25(32-12-13-33-25)14-21(27)26(24,17-30)23(31)35-27/h1-9,21-22,31H,10-14H2. The van der Waals surface area contributed by atoms with E-state index < -0.39 is 40.3 Å². The van der Waals surface area contributed by atoms with Crippen molar-refractivity contribution in [1.29, 1.82) is 21.2 Å². The minimum atomic E-state index is -2.01. The lowest BCUT2D eigenvalue weighted by Crippen LogP contribution is -2.63. The lowest BCUT2D eigenvalue weighted by molar-refractivity contribution is -0.330. The van der Waals surface area contributed by atoms with Crippen molar-refractivity contribution in [2.75, 3.05) is 13.2 Å². The molecule has 8 nitrogen and oxygen atoms in total. The van der Waals surface area contributed by atoms with Gasteiger partial charge in [0.15, 0.2) is 11.2 Å². The van der Waals surface area contributed by atoms with E-state index in [1.807, 2.05) is 54.6 Å². The predicted octanol–water partition coefficient (Wildman–Crippen LogP) is 4.22. The minimum Gasteiger partial charge on any atom is -0.447 e. The highest BCUT2D eigenvalue weighted by Gasteiger charge is 2.82. The van der Waals surface area contributed by atoms with E-state index in [-0.39, 0.29) is 6.42 Å². The molecule has 4 unspecified atom stereocenters. The third-order valence-electron chi connectivity index (χ3n) is 8.05. The average molecular weight is 466 g/mol. The van der Waals surface area contributed by atoms with Crippen LogP contribution in [0.2, 0.25) is 0 Å².